The summed E-state index contributed by atoms with van der Waals surface area (Å²) >= 11 is 0. The van der Waals surface area contributed by atoms with Gasteiger partial charge in [0.2, 0.25) is 0 Å². The summed E-state index contributed by atoms with van der Waals surface area (Å²) in [4.78, 5) is 16.3. The number of nitrogens with one attached hydrogen (secondary N) is 1. The van der Waals surface area contributed by atoms with Crippen LogP contribution < -0.4 is 5.32 Å². The summed E-state index contributed by atoms with van der Waals surface area (Å²) in [5, 5.41) is 3.27. The van der Waals surface area contributed by atoms with Gasteiger partial charge in [0.05, 0.1) is 41.8 Å². The summed E-state index contributed by atoms with van der Waals surface area (Å²) < 4.78 is 8.42. The Labute approximate surface area is 188 Å². The van der Waals surface area contributed by atoms with Crippen LogP contribution in [0.4, 0.5) is 11.5 Å². The molecule has 0 amide bonds. The fourth-order valence-corrected chi connectivity index (χ4v) is 4.20. The third-order valence-corrected chi connectivity index (χ3v) is 5.75. The number of anilines is 2. The van der Waals surface area contributed by atoms with Crippen LogP contribution in [0.15, 0.2) is 67.0 Å². The van der Waals surface area contributed by atoms with Gasteiger partial charge in [0.15, 0.2) is 0 Å². The zero-order chi connectivity index (χ0) is 21.8. The molecular formula is C25H28N6O. The van der Waals surface area contributed by atoms with Gasteiger partial charge in [-0.2, -0.15) is 0 Å². The van der Waals surface area contributed by atoms with Crippen LogP contribution in [0.25, 0.3) is 11.0 Å². The average Bonchev–Trinajstić information content (AvgIpc) is 3.18. The number of para-hydroxylation sites is 2. The predicted molar refractivity (Wildman–Crippen MR) is 126 cm³/mol. The van der Waals surface area contributed by atoms with E-state index in [9.17, 15) is 0 Å². The van der Waals surface area contributed by atoms with Crippen LogP contribution in [0.5, 0.6) is 0 Å². The second kappa shape index (κ2) is 9.46. The molecule has 164 valence electrons. The fourth-order valence-electron chi connectivity index (χ4n) is 4.20. The zero-order valence-corrected chi connectivity index (χ0v) is 18.3. The van der Waals surface area contributed by atoms with Gasteiger partial charge < -0.3 is 14.6 Å². The maximum atomic E-state index is 6.06. The quantitative estimate of drug-likeness (QED) is 0.466. The lowest BCUT2D eigenvalue weighted by molar-refractivity contribution is -0.0359. The number of imidazole rings is 1. The second-order valence-corrected chi connectivity index (χ2v) is 8.07. The number of hydrogen-bond donors (Lipinski definition) is 1. The smallest absolute Gasteiger partial charge is 0.130 e. The Balaban J connectivity index is 1.28. The number of benzene rings is 1. The summed E-state index contributed by atoms with van der Waals surface area (Å²) in [5.41, 5.74) is 4.14. The van der Waals surface area contributed by atoms with Crippen molar-refractivity contribution in [2.75, 3.05) is 25.0 Å². The van der Waals surface area contributed by atoms with Crippen LogP contribution >= 0.6 is 0 Å². The van der Waals surface area contributed by atoms with E-state index in [4.69, 9.17) is 9.72 Å². The van der Waals surface area contributed by atoms with Crippen molar-refractivity contribution in [1.82, 2.24) is 24.4 Å². The van der Waals surface area contributed by atoms with Gasteiger partial charge >= 0.3 is 0 Å². The molecule has 1 N–H and O–H groups in total. The number of morpholine rings is 1. The van der Waals surface area contributed by atoms with Crippen LogP contribution in [0.3, 0.4) is 0 Å². The highest BCUT2D eigenvalue weighted by atomic mass is 16.5. The van der Waals surface area contributed by atoms with Crippen LogP contribution in [0, 0.1) is 0 Å². The zero-order valence-electron chi connectivity index (χ0n) is 18.3. The Morgan fingerprint density at radius 2 is 1.97 bits per heavy atom. The molecule has 7 nitrogen and oxygen atoms in total. The van der Waals surface area contributed by atoms with E-state index in [1.165, 1.54) is 5.52 Å². The first-order valence-corrected chi connectivity index (χ1v) is 11.2. The monoisotopic (exact) mass is 428 g/mol. The number of nitrogens with zero attached hydrogens (tertiary/aromatic N) is 5. The minimum Gasteiger partial charge on any atom is -0.369 e. The maximum absolute atomic E-state index is 6.06. The first-order valence-electron chi connectivity index (χ1n) is 11.2. The number of fused-ring (bicyclic) bond motifs is 1. The van der Waals surface area contributed by atoms with Crippen molar-refractivity contribution in [3.63, 3.8) is 0 Å². The highest BCUT2D eigenvalue weighted by Gasteiger charge is 2.24. The molecule has 4 aromatic rings. The molecule has 0 aliphatic carbocycles. The molecule has 1 aliphatic rings. The van der Waals surface area contributed by atoms with Crippen molar-refractivity contribution in [3.05, 3.63) is 78.5 Å². The first kappa shape index (κ1) is 20.6. The van der Waals surface area contributed by atoms with Crippen LogP contribution in [0.1, 0.15) is 31.0 Å². The molecule has 1 saturated heterocycles. The number of aryl methyl sites for hydroxylation is 1. The average molecular weight is 429 g/mol. The van der Waals surface area contributed by atoms with Gasteiger partial charge in [-0.05, 0) is 42.8 Å². The Kier molecular flexibility index (Phi) is 6.09. The van der Waals surface area contributed by atoms with E-state index in [0.717, 1.165) is 61.1 Å². The first-order chi connectivity index (χ1) is 15.8. The molecule has 0 saturated carbocycles. The molecule has 1 aromatic carbocycles. The van der Waals surface area contributed by atoms with Gasteiger partial charge in [-0.15, -0.1) is 0 Å². The van der Waals surface area contributed by atoms with E-state index in [0.29, 0.717) is 6.61 Å². The topological polar surface area (TPSA) is 68.1 Å². The van der Waals surface area contributed by atoms with Crippen molar-refractivity contribution in [2.45, 2.75) is 32.5 Å². The predicted octanol–water partition coefficient (Wildman–Crippen LogP) is 4.55. The van der Waals surface area contributed by atoms with Crippen LogP contribution in [-0.4, -0.2) is 44.1 Å². The van der Waals surface area contributed by atoms with Crippen molar-refractivity contribution in [1.29, 1.82) is 0 Å². The molecule has 7 heteroatoms. The van der Waals surface area contributed by atoms with E-state index in [1.807, 2.05) is 36.5 Å². The third kappa shape index (κ3) is 4.49. The molecular weight excluding hydrogens is 400 g/mol. The molecule has 0 spiro atoms. The molecule has 32 heavy (non-hydrogen) atoms. The van der Waals surface area contributed by atoms with Gasteiger partial charge in [-0.25, -0.2) is 9.97 Å². The molecule has 1 unspecified atom stereocenters. The molecule has 1 aliphatic heterocycles. The van der Waals surface area contributed by atoms with Crippen LogP contribution in [-0.2, 0) is 17.8 Å². The molecule has 0 radical (unpaired) electrons. The standard InChI is InChI=1S/C25H28N6O/c1-2-13-31-22-8-4-3-7-20(22)29-25(31)18-30-14-15-32-23(17-30)21-11-10-19(16-27-21)28-24-9-5-6-12-26-24/h3-12,16,23H,2,13-15,17-18H2,1H3,(H,26,28). The van der Waals surface area contributed by atoms with Gasteiger partial charge in [0, 0.05) is 25.8 Å². The molecule has 4 heterocycles. The van der Waals surface area contributed by atoms with Crippen molar-refractivity contribution in [2.24, 2.45) is 0 Å². The van der Waals surface area contributed by atoms with Crippen LogP contribution in [0.2, 0.25) is 0 Å². The minimum absolute atomic E-state index is 0.0448. The molecule has 5 rings (SSSR count). The summed E-state index contributed by atoms with van der Waals surface area (Å²) in [5.74, 6) is 1.92. The lowest BCUT2D eigenvalue weighted by atomic mass is 10.2. The SMILES string of the molecule is CCCn1c(CN2CCOC(c3ccc(Nc4ccccn4)cn3)C2)nc2ccccc21. The van der Waals surface area contributed by atoms with Gasteiger partial charge in [-0.3, -0.25) is 9.88 Å². The minimum atomic E-state index is -0.0448. The molecule has 3 aromatic heterocycles. The number of hydrogen-bond acceptors (Lipinski definition) is 6. The van der Waals surface area contributed by atoms with E-state index in [2.05, 4.69) is 55.9 Å². The molecule has 1 atom stereocenters. The van der Waals surface area contributed by atoms with E-state index >= 15 is 0 Å². The lowest BCUT2D eigenvalue weighted by Crippen LogP contribution is -2.38. The van der Waals surface area contributed by atoms with E-state index in [-0.39, 0.29) is 6.10 Å². The maximum Gasteiger partial charge on any atom is 0.130 e. The number of pyridine rings is 2. The Hall–Kier alpha value is -3.29. The Morgan fingerprint density at radius 3 is 2.78 bits per heavy atom. The summed E-state index contributed by atoms with van der Waals surface area (Å²) in [6.07, 6.45) is 4.65. The Morgan fingerprint density at radius 1 is 1.06 bits per heavy atom. The highest BCUT2D eigenvalue weighted by molar-refractivity contribution is 5.75. The normalized spacial score (nSPS) is 17.0. The lowest BCUT2D eigenvalue weighted by Gasteiger charge is -2.32. The van der Waals surface area contributed by atoms with Gasteiger partial charge in [0.1, 0.15) is 17.7 Å². The summed E-state index contributed by atoms with van der Waals surface area (Å²) in [6.45, 7) is 6.39. The summed E-state index contributed by atoms with van der Waals surface area (Å²) in [6, 6.07) is 18.2. The third-order valence-electron chi connectivity index (χ3n) is 5.75. The van der Waals surface area contributed by atoms with E-state index < -0.39 is 0 Å². The highest BCUT2D eigenvalue weighted by Crippen LogP contribution is 2.25. The fraction of sp³-hybridized carbons (Fsp3) is 0.320. The number of rotatable bonds is 7. The van der Waals surface area contributed by atoms with Crippen molar-refractivity contribution >= 4 is 22.5 Å². The number of aromatic nitrogens is 4. The van der Waals surface area contributed by atoms with Gasteiger partial charge in [0.25, 0.3) is 0 Å². The Bertz CT molecular complexity index is 1160. The molecule has 1 fully saturated rings. The van der Waals surface area contributed by atoms with Crippen molar-refractivity contribution in [3.8, 4) is 0 Å². The summed E-state index contributed by atoms with van der Waals surface area (Å²) in [7, 11) is 0. The van der Waals surface area contributed by atoms with Crippen molar-refractivity contribution < 1.29 is 4.74 Å². The molecule has 0 bridgehead atoms. The van der Waals surface area contributed by atoms with Gasteiger partial charge in [-0.1, -0.05) is 25.1 Å². The second-order valence-electron chi connectivity index (χ2n) is 8.07. The number of ether oxygens (including phenoxy) is 1. The van der Waals surface area contributed by atoms with E-state index in [1.54, 1.807) is 6.20 Å². The largest absolute Gasteiger partial charge is 0.369 e.